The van der Waals surface area contributed by atoms with Gasteiger partial charge < -0.3 is 10.1 Å². The third kappa shape index (κ3) is 10.4. The quantitative estimate of drug-likeness (QED) is 0.550. The lowest BCUT2D eigenvalue weighted by Gasteiger charge is -2.09. The lowest BCUT2D eigenvalue weighted by Crippen LogP contribution is -2.30. The number of sulfonamides is 1. The lowest BCUT2D eigenvalue weighted by atomic mass is 10.3. The van der Waals surface area contributed by atoms with E-state index in [1.165, 1.54) is 0 Å². The van der Waals surface area contributed by atoms with Crippen molar-refractivity contribution in [1.29, 1.82) is 0 Å². The van der Waals surface area contributed by atoms with Crippen LogP contribution in [0.5, 0.6) is 0 Å². The zero-order valence-corrected chi connectivity index (χ0v) is 11.3. The maximum Gasteiger partial charge on any atom is 0.211 e. The summed E-state index contributed by atoms with van der Waals surface area (Å²) in [6.07, 6.45) is 1.70. The van der Waals surface area contributed by atoms with Gasteiger partial charge in [0, 0.05) is 6.54 Å². The second-order valence-corrected chi connectivity index (χ2v) is 5.87. The number of hydrogen-bond acceptors (Lipinski definition) is 4. The molecule has 2 N–H and O–H groups in total. The summed E-state index contributed by atoms with van der Waals surface area (Å²) in [6, 6.07) is 0. The monoisotopic (exact) mass is 252 g/mol. The van der Waals surface area contributed by atoms with Gasteiger partial charge in [-0.2, -0.15) is 0 Å². The summed E-state index contributed by atoms with van der Waals surface area (Å²) in [4.78, 5) is 0. The molecule has 0 atom stereocenters. The van der Waals surface area contributed by atoms with Gasteiger partial charge in [0.05, 0.1) is 18.5 Å². The Balaban J connectivity index is 3.55. The molecule has 0 saturated heterocycles. The number of ether oxygens (including phenoxy) is 1. The van der Waals surface area contributed by atoms with Crippen LogP contribution >= 0.6 is 0 Å². The summed E-state index contributed by atoms with van der Waals surface area (Å²) < 4.78 is 30.7. The molecular formula is C10H24N2O3S. The zero-order chi connectivity index (χ0) is 12.4. The molecule has 0 radical (unpaired) electrons. The first kappa shape index (κ1) is 15.8. The van der Waals surface area contributed by atoms with Crippen molar-refractivity contribution >= 4 is 10.0 Å². The van der Waals surface area contributed by atoms with E-state index >= 15 is 0 Å². The topological polar surface area (TPSA) is 67.4 Å². The molecule has 0 amide bonds. The van der Waals surface area contributed by atoms with Crippen LogP contribution in [0.25, 0.3) is 0 Å². The molecule has 0 rings (SSSR count). The number of unbranched alkanes of at least 4 members (excludes halogenated alkanes) is 1. The maximum absolute atomic E-state index is 11.5. The average Bonchev–Trinajstić information content (AvgIpc) is 2.19. The lowest BCUT2D eigenvalue weighted by molar-refractivity contribution is 0.0834. The van der Waals surface area contributed by atoms with Gasteiger partial charge in [-0.15, -0.1) is 0 Å². The summed E-state index contributed by atoms with van der Waals surface area (Å²) in [5, 5.41) is 2.98. The molecule has 0 fully saturated rings. The summed E-state index contributed by atoms with van der Waals surface area (Å²) in [7, 11) is -1.26. The minimum Gasteiger partial charge on any atom is -0.377 e. The summed E-state index contributed by atoms with van der Waals surface area (Å²) in [5.74, 6) is 0.191. The van der Waals surface area contributed by atoms with E-state index in [-0.39, 0.29) is 11.9 Å². The Bertz CT molecular complexity index is 253. The maximum atomic E-state index is 11.5. The van der Waals surface area contributed by atoms with Gasteiger partial charge in [-0.3, -0.25) is 0 Å². The Labute approximate surface area is 99.0 Å². The Hall–Kier alpha value is -0.170. The van der Waals surface area contributed by atoms with Crippen LogP contribution in [-0.2, 0) is 14.8 Å². The Kier molecular flexibility index (Phi) is 8.83. The Morgan fingerprint density at radius 3 is 2.44 bits per heavy atom. The van der Waals surface area contributed by atoms with E-state index in [2.05, 4.69) is 10.0 Å². The molecule has 16 heavy (non-hydrogen) atoms. The van der Waals surface area contributed by atoms with Crippen LogP contribution in [0.15, 0.2) is 0 Å². The fraction of sp³-hybridized carbons (Fsp3) is 1.00. The predicted octanol–water partition coefficient (Wildman–Crippen LogP) is 0.330. The van der Waals surface area contributed by atoms with Crippen molar-refractivity contribution in [1.82, 2.24) is 10.0 Å². The molecule has 0 aromatic heterocycles. The standard InChI is InChI=1S/C10H24N2O3S/c1-10(2)15-8-7-12-16(13,14)9-5-4-6-11-3/h10-12H,4-9H2,1-3H3. The van der Waals surface area contributed by atoms with Crippen LogP contribution in [-0.4, -0.2) is 47.0 Å². The van der Waals surface area contributed by atoms with E-state index in [1.54, 1.807) is 0 Å². The van der Waals surface area contributed by atoms with Gasteiger partial charge in [0.2, 0.25) is 10.0 Å². The largest absolute Gasteiger partial charge is 0.377 e. The van der Waals surface area contributed by atoms with Crippen molar-refractivity contribution in [3.8, 4) is 0 Å². The second-order valence-electron chi connectivity index (χ2n) is 3.94. The van der Waals surface area contributed by atoms with E-state index in [0.717, 1.165) is 13.0 Å². The summed E-state index contributed by atoms with van der Waals surface area (Å²) in [6.45, 7) is 5.48. The van der Waals surface area contributed by atoms with Gasteiger partial charge in [-0.05, 0) is 40.3 Å². The highest BCUT2D eigenvalue weighted by molar-refractivity contribution is 7.89. The van der Waals surface area contributed by atoms with E-state index in [4.69, 9.17) is 4.74 Å². The normalized spacial score (nSPS) is 12.2. The molecule has 0 saturated carbocycles. The molecule has 0 aromatic carbocycles. The van der Waals surface area contributed by atoms with E-state index < -0.39 is 10.0 Å². The second kappa shape index (κ2) is 8.92. The van der Waals surface area contributed by atoms with Gasteiger partial charge >= 0.3 is 0 Å². The number of nitrogens with one attached hydrogen (secondary N) is 2. The molecule has 0 aromatic rings. The third-order valence-corrected chi connectivity index (χ3v) is 3.44. The van der Waals surface area contributed by atoms with Gasteiger partial charge in [0.25, 0.3) is 0 Å². The highest BCUT2D eigenvalue weighted by Crippen LogP contribution is 1.94. The first-order valence-electron chi connectivity index (χ1n) is 5.71. The minimum atomic E-state index is -3.12. The van der Waals surface area contributed by atoms with Crippen LogP contribution in [0.2, 0.25) is 0 Å². The Morgan fingerprint density at radius 1 is 1.19 bits per heavy atom. The van der Waals surface area contributed by atoms with Crippen molar-refractivity contribution in [2.24, 2.45) is 0 Å². The average molecular weight is 252 g/mol. The molecule has 0 aliphatic rings. The van der Waals surface area contributed by atoms with Crippen LogP contribution in [0.4, 0.5) is 0 Å². The third-order valence-electron chi connectivity index (χ3n) is 1.97. The molecule has 6 heteroatoms. The predicted molar refractivity (Wildman–Crippen MR) is 66.0 cm³/mol. The summed E-state index contributed by atoms with van der Waals surface area (Å²) in [5.41, 5.74) is 0. The highest BCUT2D eigenvalue weighted by atomic mass is 32.2. The fourth-order valence-electron chi connectivity index (χ4n) is 1.16. The van der Waals surface area contributed by atoms with Gasteiger partial charge in [0.15, 0.2) is 0 Å². The molecule has 0 aliphatic heterocycles. The molecule has 0 unspecified atom stereocenters. The van der Waals surface area contributed by atoms with Crippen molar-refractivity contribution < 1.29 is 13.2 Å². The number of hydrogen-bond donors (Lipinski definition) is 2. The SMILES string of the molecule is CNCCCCS(=O)(=O)NCCOC(C)C. The fourth-order valence-corrected chi connectivity index (χ4v) is 2.28. The van der Waals surface area contributed by atoms with Gasteiger partial charge in [0.1, 0.15) is 0 Å². The van der Waals surface area contributed by atoms with Crippen LogP contribution in [0.1, 0.15) is 26.7 Å². The highest BCUT2D eigenvalue weighted by Gasteiger charge is 2.08. The molecule has 0 heterocycles. The molecule has 5 nitrogen and oxygen atoms in total. The van der Waals surface area contributed by atoms with Gasteiger partial charge in [-0.1, -0.05) is 0 Å². The zero-order valence-electron chi connectivity index (χ0n) is 10.5. The molecular weight excluding hydrogens is 228 g/mol. The molecule has 0 aliphatic carbocycles. The van der Waals surface area contributed by atoms with Crippen LogP contribution in [0, 0.1) is 0 Å². The Morgan fingerprint density at radius 2 is 1.88 bits per heavy atom. The van der Waals surface area contributed by atoms with Gasteiger partial charge in [-0.25, -0.2) is 13.1 Å². The first-order chi connectivity index (χ1) is 7.48. The van der Waals surface area contributed by atoms with E-state index in [1.807, 2.05) is 20.9 Å². The van der Waals surface area contributed by atoms with Crippen molar-refractivity contribution in [2.75, 3.05) is 32.5 Å². The summed E-state index contributed by atoms with van der Waals surface area (Å²) >= 11 is 0. The molecule has 98 valence electrons. The smallest absolute Gasteiger partial charge is 0.211 e. The van der Waals surface area contributed by atoms with E-state index in [0.29, 0.717) is 19.6 Å². The van der Waals surface area contributed by atoms with Crippen molar-refractivity contribution in [2.45, 2.75) is 32.8 Å². The van der Waals surface area contributed by atoms with Crippen LogP contribution < -0.4 is 10.0 Å². The van der Waals surface area contributed by atoms with Crippen molar-refractivity contribution in [3.05, 3.63) is 0 Å². The molecule has 0 spiro atoms. The molecule has 0 bridgehead atoms. The van der Waals surface area contributed by atoms with E-state index in [9.17, 15) is 8.42 Å². The minimum absolute atomic E-state index is 0.139. The van der Waals surface area contributed by atoms with Crippen LogP contribution in [0.3, 0.4) is 0 Å². The number of rotatable bonds is 10. The van der Waals surface area contributed by atoms with Crippen molar-refractivity contribution in [3.63, 3.8) is 0 Å². The first-order valence-corrected chi connectivity index (χ1v) is 7.36.